The number of hydrogen-bond acceptors (Lipinski definition) is 5. The van der Waals surface area contributed by atoms with Crippen LogP contribution < -0.4 is 9.64 Å². The molecule has 3 rings (SSSR count). The number of fused-ring (bicyclic) bond motifs is 1. The second-order valence-corrected chi connectivity index (χ2v) is 6.10. The predicted octanol–water partition coefficient (Wildman–Crippen LogP) is 2.65. The molecule has 0 radical (unpaired) electrons. The van der Waals surface area contributed by atoms with Crippen molar-refractivity contribution < 1.29 is 14.3 Å². The molecular formula is C16H14ClN3O3. The molecule has 2 aromatic rings. The predicted molar refractivity (Wildman–Crippen MR) is 84.8 cm³/mol. The van der Waals surface area contributed by atoms with Crippen molar-refractivity contribution in [3.05, 3.63) is 47.0 Å². The Kier molecular flexibility index (Phi) is 3.77. The molecule has 1 aliphatic rings. The Bertz CT molecular complexity index is 775. The van der Waals surface area contributed by atoms with E-state index in [1.165, 1.54) is 12.4 Å². The molecule has 1 aliphatic heterocycles. The van der Waals surface area contributed by atoms with E-state index in [0.29, 0.717) is 27.8 Å². The smallest absolute Gasteiger partial charge is 0.271 e. The molecule has 0 atom stereocenters. The summed E-state index contributed by atoms with van der Waals surface area (Å²) in [7, 11) is 0. The van der Waals surface area contributed by atoms with Crippen LogP contribution in [0.25, 0.3) is 0 Å². The molecule has 0 saturated heterocycles. The SMILES string of the molecule is CC1(C)Oc2cc(C=O)ccc2N(Cc2ncc(Cl)cn2)C1=O. The summed E-state index contributed by atoms with van der Waals surface area (Å²) in [6.07, 6.45) is 3.70. The molecule has 6 nitrogen and oxygen atoms in total. The standard InChI is InChI=1S/C16H14ClN3O3/c1-16(2)15(22)20(8-14-18-6-11(17)7-19-14)12-4-3-10(9-21)5-13(12)23-16/h3-7,9H,8H2,1-2H3. The molecule has 7 heteroatoms. The number of halogens is 1. The Morgan fingerprint density at radius 3 is 2.65 bits per heavy atom. The van der Waals surface area contributed by atoms with Gasteiger partial charge in [-0.1, -0.05) is 11.6 Å². The maximum atomic E-state index is 12.7. The highest BCUT2D eigenvalue weighted by Crippen LogP contribution is 2.38. The summed E-state index contributed by atoms with van der Waals surface area (Å²) in [5.41, 5.74) is 0.0241. The van der Waals surface area contributed by atoms with Gasteiger partial charge in [0.1, 0.15) is 17.9 Å². The van der Waals surface area contributed by atoms with Gasteiger partial charge in [0.05, 0.1) is 17.3 Å². The normalized spacial score (nSPS) is 15.8. The third-order valence-electron chi connectivity index (χ3n) is 3.51. The molecule has 0 unspecified atom stereocenters. The number of carbonyl (C=O) groups excluding carboxylic acids is 2. The zero-order valence-electron chi connectivity index (χ0n) is 12.6. The van der Waals surface area contributed by atoms with Gasteiger partial charge in [-0.3, -0.25) is 14.5 Å². The second kappa shape index (κ2) is 5.62. The summed E-state index contributed by atoms with van der Waals surface area (Å²) >= 11 is 5.78. The number of amides is 1. The van der Waals surface area contributed by atoms with Gasteiger partial charge >= 0.3 is 0 Å². The fourth-order valence-corrected chi connectivity index (χ4v) is 2.48. The van der Waals surface area contributed by atoms with E-state index in [1.54, 1.807) is 36.9 Å². The topological polar surface area (TPSA) is 72.4 Å². The van der Waals surface area contributed by atoms with Crippen molar-refractivity contribution in [2.75, 3.05) is 4.90 Å². The summed E-state index contributed by atoms with van der Waals surface area (Å²) in [4.78, 5) is 33.4. The maximum absolute atomic E-state index is 12.7. The number of carbonyl (C=O) groups is 2. The number of rotatable bonds is 3. The van der Waals surface area contributed by atoms with Crippen LogP contribution in [0.3, 0.4) is 0 Å². The van der Waals surface area contributed by atoms with Crippen LogP contribution in [-0.4, -0.2) is 27.8 Å². The molecule has 0 N–H and O–H groups in total. The van der Waals surface area contributed by atoms with E-state index in [4.69, 9.17) is 16.3 Å². The molecule has 1 aromatic heterocycles. The van der Waals surface area contributed by atoms with E-state index < -0.39 is 5.60 Å². The largest absolute Gasteiger partial charge is 0.476 e. The lowest BCUT2D eigenvalue weighted by molar-refractivity contribution is -0.132. The maximum Gasteiger partial charge on any atom is 0.271 e. The molecule has 0 spiro atoms. The lowest BCUT2D eigenvalue weighted by Gasteiger charge is -2.38. The van der Waals surface area contributed by atoms with Gasteiger partial charge in [-0.15, -0.1) is 0 Å². The summed E-state index contributed by atoms with van der Waals surface area (Å²) in [6.45, 7) is 3.55. The number of benzene rings is 1. The van der Waals surface area contributed by atoms with Gasteiger partial charge in [0.2, 0.25) is 0 Å². The molecule has 1 aromatic carbocycles. The van der Waals surface area contributed by atoms with Crippen LogP contribution in [0, 0.1) is 0 Å². The summed E-state index contributed by atoms with van der Waals surface area (Å²) in [5.74, 6) is 0.737. The van der Waals surface area contributed by atoms with Crippen LogP contribution in [0.5, 0.6) is 5.75 Å². The third-order valence-corrected chi connectivity index (χ3v) is 3.70. The first-order chi connectivity index (χ1) is 10.9. The number of nitrogens with zero attached hydrogens (tertiary/aromatic N) is 3. The fraction of sp³-hybridized carbons (Fsp3) is 0.250. The van der Waals surface area contributed by atoms with Gasteiger partial charge in [0.25, 0.3) is 5.91 Å². The molecule has 1 amide bonds. The average Bonchev–Trinajstić information content (AvgIpc) is 2.52. The van der Waals surface area contributed by atoms with E-state index in [0.717, 1.165) is 6.29 Å². The molecule has 2 heterocycles. The van der Waals surface area contributed by atoms with Crippen molar-refractivity contribution in [1.29, 1.82) is 0 Å². The van der Waals surface area contributed by atoms with E-state index in [9.17, 15) is 9.59 Å². The monoisotopic (exact) mass is 331 g/mol. The number of ether oxygens (including phenoxy) is 1. The highest BCUT2D eigenvalue weighted by Gasteiger charge is 2.41. The highest BCUT2D eigenvalue weighted by molar-refractivity contribution is 6.30. The Hall–Kier alpha value is -2.47. The first kappa shape index (κ1) is 15.4. The minimum Gasteiger partial charge on any atom is -0.476 e. The highest BCUT2D eigenvalue weighted by atomic mass is 35.5. The molecule has 118 valence electrons. The van der Waals surface area contributed by atoms with Crippen LogP contribution in [-0.2, 0) is 11.3 Å². The van der Waals surface area contributed by atoms with Gasteiger partial charge in [-0.2, -0.15) is 0 Å². The van der Waals surface area contributed by atoms with Crippen molar-refractivity contribution in [2.24, 2.45) is 0 Å². The first-order valence-corrected chi connectivity index (χ1v) is 7.35. The number of hydrogen-bond donors (Lipinski definition) is 0. The molecule has 23 heavy (non-hydrogen) atoms. The minimum absolute atomic E-state index is 0.191. The molecule has 0 saturated carbocycles. The second-order valence-electron chi connectivity index (χ2n) is 5.67. The third kappa shape index (κ3) is 2.90. The number of anilines is 1. The summed E-state index contributed by atoms with van der Waals surface area (Å²) < 4.78 is 5.75. The van der Waals surface area contributed by atoms with Crippen LogP contribution in [0.2, 0.25) is 5.02 Å². The Balaban J connectivity index is 2.02. The quantitative estimate of drug-likeness (QED) is 0.808. The van der Waals surface area contributed by atoms with Crippen LogP contribution in [0.1, 0.15) is 30.0 Å². The minimum atomic E-state index is -1.04. The van der Waals surface area contributed by atoms with Crippen molar-refractivity contribution >= 4 is 29.5 Å². The average molecular weight is 332 g/mol. The summed E-state index contributed by atoms with van der Waals surface area (Å²) in [6, 6.07) is 4.94. The van der Waals surface area contributed by atoms with Crippen LogP contribution in [0.4, 0.5) is 5.69 Å². The number of aromatic nitrogens is 2. The molecular weight excluding hydrogens is 318 g/mol. The summed E-state index contributed by atoms with van der Waals surface area (Å²) in [5, 5.41) is 0.429. The zero-order chi connectivity index (χ0) is 16.6. The van der Waals surface area contributed by atoms with E-state index in [2.05, 4.69) is 9.97 Å². The number of aldehydes is 1. The van der Waals surface area contributed by atoms with Crippen molar-refractivity contribution in [3.63, 3.8) is 0 Å². The fourth-order valence-electron chi connectivity index (χ4n) is 2.38. The van der Waals surface area contributed by atoms with E-state index in [-0.39, 0.29) is 12.5 Å². The van der Waals surface area contributed by atoms with Gasteiger partial charge < -0.3 is 4.74 Å². The van der Waals surface area contributed by atoms with Gasteiger partial charge in [0.15, 0.2) is 5.60 Å². The lowest BCUT2D eigenvalue weighted by atomic mass is 10.0. The Morgan fingerprint density at radius 1 is 1.30 bits per heavy atom. The van der Waals surface area contributed by atoms with Crippen molar-refractivity contribution in [1.82, 2.24) is 9.97 Å². The van der Waals surface area contributed by atoms with E-state index >= 15 is 0 Å². The lowest BCUT2D eigenvalue weighted by Crippen LogP contribution is -2.52. The van der Waals surface area contributed by atoms with Gasteiger partial charge in [0, 0.05) is 18.0 Å². The Morgan fingerprint density at radius 2 is 2.00 bits per heavy atom. The van der Waals surface area contributed by atoms with Crippen LogP contribution >= 0.6 is 11.6 Å². The first-order valence-electron chi connectivity index (χ1n) is 6.97. The molecule has 0 aliphatic carbocycles. The Labute approximate surface area is 138 Å². The molecule has 0 fully saturated rings. The van der Waals surface area contributed by atoms with Crippen molar-refractivity contribution in [2.45, 2.75) is 26.0 Å². The van der Waals surface area contributed by atoms with E-state index in [1.807, 2.05) is 0 Å². The van der Waals surface area contributed by atoms with Crippen LogP contribution in [0.15, 0.2) is 30.6 Å². The van der Waals surface area contributed by atoms with Crippen molar-refractivity contribution in [3.8, 4) is 5.75 Å². The molecule has 0 bridgehead atoms. The van der Waals surface area contributed by atoms with Gasteiger partial charge in [-0.05, 0) is 32.0 Å². The zero-order valence-corrected chi connectivity index (χ0v) is 13.4. The van der Waals surface area contributed by atoms with Gasteiger partial charge in [-0.25, -0.2) is 9.97 Å².